The first-order valence-electron chi connectivity index (χ1n) is 7.16. The molecule has 0 heterocycles. The number of aryl methyl sites for hydroxylation is 1. The molecule has 0 unspecified atom stereocenters. The zero-order valence-electron chi connectivity index (χ0n) is 11.7. The van der Waals surface area contributed by atoms with Gasteiger partial charge in [-0.3, -0.25) is 0 Å². The zero-order valence-corrected chi connectivity index (χ0v) is 11.7. The standard InChI is InChI=1S/C19H16O2/c1-11-13-7-3-2-6-12(13)10-16-14-8-4-5-9-15(14)18(20)19(21)17(11)16/h2-10,18-21H,1H3/t18-,19-/m1/s1. The van der Waals surface area contributed by atoms with E-state index in [9.17, 15) is 10.2 Å². The summed E-state index contributed by atoms with van der Waals surface area (Å²) in [6, 6.07) is 18.0. The van der Waals surface area contributed by atoms with Crippen molar-refractivity contribution in [3.05, 3.63) is 71.3 Å². The van der Waals surface area contributed by atoms with Gasteiger partial charge in [0.1, 0.15) is 12.2 Å². The zero-order chi connectivity index (χ0) is 14.6. The summed E-state index contributed by atoms with van der Waals surface area (Å²) < 4.78 is 0. The Morgan fingerprint density at radius 3 is 2.38 bits per heavy atom. The molecule has 0 radical (unpaired) electrons. The number of rotatable bonds is 0. The third kappa shape index (κ3) is 1.67. The molecular formula is C19H16O2. The maximum Gasteiger partial charge on any atom is 0.110 e. The molecule has 0 saturated heterocycles. The Morgan fingerprint density at radius 2 is 1.52 bits per heavy atom. The molecule has 0 fully saturated rings. The second-order valence-corrected chi connectivity index (χ2v) is 5.66. The van der Waals surface area contributed by atoms with E-state index in [0.29, 0.717) is 0 Å². The van der Waals surface area contributed by atoms with Crippen molar-refractivity contribution in [1.82, 2.24) is 0 Å². The number of hydrogen-bond donors (Lipinski definition) is 2. The molecule has 0 saturated carbocycles. The van der Waals surface area contributed by atoms with Gasteiger partial charge in [-0.2, -0.15) is 0 Å². The van der Waals surface area contributed by atoms with Crippen molar-refractivity contribution in [3.8, 4) is 11.1 Å². The lowest BCUT2D eigenvalue weighted by Crippen LogP contribution is -2.18. The van der Waals surface area contributed by atoms with Crippen LogP contribution in [0.25, 0.3) is 21.9 Å². The van der Waals surface area contributed by atoms with Crippen LogP contribution in [0.2, 0.25) is 0 Å². The normalized spacial score (nSPS) is 20.1. The lowest BCUT2D eigenvalue weighted by Gasteiger charge is -2.31. The fraction of sp³-hybridized carbons (Fsp3) is 0.158. The van der Waals surface area contributed by atoms with E-state index in [4.69, 9.17) is 0 Å². The van der Waals surface area contributed by atoms with Gasteiger partial charge in [-0.15, -0.1) is 0 Å². The highest BCUT2D eigenvalue weighted by Gasteiger charge is 2.32. The van der Waals surface area contributed by atoms with Crippen molar-refractivity contribution < 1.29 is 10.2 Å². The fourth-order valence-corrected chi connectivity index (χ4v) is 3.48. The fourth-order valence-electron chi connectivity index (χ4n) is 3.48. The quantitative estimate of drug-likeness (QED) is 0.654. The number of fused-ring (bicyclic) bond motifs is 4. The van der Waals surface area contributed by atoms with Crippen LogP contribution < -0.4 is 0 Å². The molecule has 0 aromatic heterocycles. The van der Waals surface area contributed by atoms with Crippen molar-refractivity contribution in [1.29, 1.82) is 0 Å². The first kappa shape index (κ1) is 12.6. The molecule has 0 spiro atoms. The van der Waals surface area contributed by atoms with Crippen LogP contribution in [0, 0.1) is 6.92 Å². The smallest absolute Gasteiger partial charge is 0.110 e. The average molecular weight is 276 g/mol. The number of benzene rings is 3. The molecule has 21 heavy (non-hydrogen) atoms. The highest BCUT2D eigenvalue weighted by molar-refractivity contribution is 5.93. The van der Waals surface area contributed by atoms with Crippen LogP contribution >= 0.6 is 0 Å². The number of aliphatic hydroxyl groups excluding tert-OH is 2. The highest BCUT2D eigenvalue weighted by atomic mass is 16.3. The summed E-state index contributed by atoms with van der Waals surface area (Å²) in [4.78, 5) is 0. The van der Waals surface area contributed by atoms with Crippen molar-refractivity contribution in [3.63, 3.8) is 0 Å². The highest BCUT2D eigenvalue weighted by Crippen LogP contribution is 2.47. The predicted octanol–water partition coefficient (Wildman–Crippen LogP) is 3.90. The van der Waals surface area contributed by atoms with Crippen molar-refractivity contribution in [2.75, 3.05) is 0 Å². The average Bonchev–Trinajstić information content (AvgIpc) is 2.52. The van der Waals surface area contributed by atoms with Gasteiger partial charge in [0.05, 0.1) is 0 Å². The van der Waals surface area contributed by atoms with Gasteiger partial charge >= 0.3 is 0 Å². The molecule has 2 nitrogen and oxygen atoms in total. The topological polar surface area (TPSA) is 40.5 Å². The van der Waals surface area contributed by atoms with Crippen LogP contribution in [0.4, 0.5) is 0 Å². The summed E-state index contributed by atoms with van der Waals surface area (Å²) in [7, 11) is 0. The summed E-state index contributed by atoms with van der Waals surface area (Å²) in [5.74, 6) is 0. The summed E-state index contributed by atoms with van der Waals surface area (Å²) in [6.07, 6.45) is -1.74. The van der Waals surface area contributed by atoms with Gasteiger partial charge in [-0.05, 0) is 51.6 Å². The molecule has 1 aliphatic carbocycles. The molecule has 0 aliphatic heterocycles. The molecule has 2 N–H and O–H groups in total. The third-order valence-corrected chi connectivity index (χ3v) is 4.52. The minimum atomic E-state index is -0.875. The van der Waals surface area contributed by atoms with Gasteiger partial charge in [0.15, 0.2) is 0 Å². The second-order valence-electron chi connectivity index (χ2n) is 5.66. The van der Waals surface area contributed by atoms with E-state index < -0.39 is 12.2 Å². The van der Waals surface area contributed by atoms with E-state index in [2.05, 4.69) is 18.2 Å². The molecule has 0 amide bonds. The minimum absolute atomic E-state index is 0.798. The molecular weight excluding hydrogens is 260 g/mol. The van der Waals surface area contributed by atoms with Crippen LogP contribution in [-0.2, 0) is 0 Å². The summed E-state index contributed by atoms with van der Waals surface area (Å²) in [6.45, 7) is 2.02. The molecule has 2 atom stereocenters. The molecule has 3 aromatic rings. The first-order chi connectivity index (χ1) is 10.2. The van der Waals surface area contributed by atoms with E-state index >= 15 is 0 Å². The van der Waals surface area contributed by atoms with Crippen molar-refractivity contribution in [2.45, 2.75) is 19.1 Å². The van der Waals surface area contributed by atoms with Crippen LogP contribution in [0.5, 0.6) is 0 Å². The van der Waals surface area contributed by atoms with Crippen LogP contribution in [0.1, 0.15) is 28.9 Å². The summed E-state index contributed by atoms with van der Waals surface area (Å²) >= 11 is 0. The Balaban J connectivity index is 2.15. The van der Waals surface area contributed by atoms with E-state index in [0.717, 1.165) is 38.6 Å². The lowest BCUT2D eigenvalue weighted by atomic mass is 9.78. The van der Waals surface area contributed by atoms with E-state index in [1.807, 2.05) is 43.3 Å². The second kappa shape index (κ2) is 4.42. The van der Waals surface area contributed by atoms with Gasteiger partial charge < -0.3 is 10.2 Å². The van der Waals surface area contributed by atoms with E-state index in [-0.39, 0.29) is 0 Å². The van der Waals surface area contributed by atoms with Gasteiger partial charge in [-0.25, -0.2) is 0 Å². The lowest BCUT2D eigenvalue weighted by molar-refractivity contribution is 0.0155. The monoisotopic (exact) mass is 276 g/mol. The van der Waals surface area contributed by atoms with Gasteiger partial charge in [0.2, 0.25) is 0 Å². The molecule has 0 bridgehead atoms. The number of aliphatic hydroxyl groups is 2. The van der Waals surface area contributed by atoms with Crippen LogP contribution in [0.3, 0.4) is 0 Å². The molecule has 104 valence electrons. The van der Waals surface area contributed by atoms with Crippen molar-refractivity contribution in [2.24, 2.45) is 0 Å². The summed E-state index contributed by atoms with van der Waals surface area (Å²) in [5.41, 5.74) is 4.73. The van der Waals surface area contributed by atoms with Crippen LogP contribution in [0.15, 0.2) is 54.6 Å². The molecule has 1 aliphatic rings. The first-order valence-corrected chi connectivity index (χ1v) is 7.16. The Labute approximate surface area is 123 Å². The Hall–Kier alpha value is -2.16. The van der Waals surface area contributed by atoms with Crippen LogP contribution in [-0.4, -0.2) is 10.2 Å². The molecule has 2 heteroatoms. The summed E-state index contributed by atoms with van der Waals surface area (Å²) in [5, 5.41) is 23.3. The maximum absolute atomic E-state index is 10.6. The van der Waals surface area contributed by atoms with Gasteiger partial charge in [0.25, 0.3) is 0 Å². The number of hydrogen-bond acceptors (Lipinski definition) is 2. The molecule has 3 aromatic carbocycles. The van der Waals surface area contributed by atoms with Crippen molar-refractivity contribution >= 4 is 10.8 Å². The Kier molecular flexibility index (Phi) is 2.64. The minimum Gasteiger partial charge on any atom is -0.385 e. The Bertz CT molecular complexity index is 851. The van der Waals surface area contributed by atoms with E-state index in [1.54, 1.807) is 0 Å². The maximum atomic E-state index is 10.6. The predicted molar refractivity (Wildman–Crippen MR) is 84.0 cm³/mol. The van der Waals surface area contributed by atoms with E-state index in [1.165, 1.54) is 0 Å². The SMILES string of the molecule is Cc1c2c(cc3ccccc13)-c1ccccc1[C@@H](O)[C@@H]2O. The molecule has 4 rings (SSSR count). The third-order valence-electron chi connectivity index (χ3n) is 4.52. The van der Waals surface area contributed by atoms with Gasteiger partial charge in [-0.1, -0.05) is 48.5 Å². The largest absolute Gasteiger partial charge is 0.385 e. The Morgan fingerprint density at radius 1 is 0.810 bits per heavy atom. The van der Waals surface area contributed by atoms with Gasteiger partial charge in [0, 0.05) is 0 Å².